The number of rotatable bonds is 6. The molecule has 1 amide bonds. The normalized spacial score (nSPS) is 14.3. The zero-order valence-corrected chi connectivity index (χ0v) is 12.4. The molecule has 0 spiro atoms. The van der Waals surface area contributed by atoms with Crippen LogP contribution in [0.15, 0.2) is 23.1 Å². The van der Waals surface area contributed by atoms with E-state index in [0.29, 0.717) is 19.0 Å². The third kappa shape index (κ3) is 4.56. The molecular formula is C14H17NO5S. The van der Waals surface area contributed by atoms with E-state index in [-0.39, 0.29) is 12.3 Å². The highest BCUT2D eigenvalue weighted by Crippen LogP contribution is 2.34. The van der Waals surface area contributed by atoms with Gasteiger partial charge >= 0.3 is 5.97 Å². The number of amides is 1. The molecule has 1 atom stereocenters. The van der Waals surface area contributed by atoms with Crippen LogP contribution in [0, 0.1) is 0 Å². The molecule has 0 bridgehead atoms. The van der Waals surface area contributed by atoms with Gasteiger partial charge in [0, 0.05) is 17.1 Å². The predicted molar refractivity (Wildman–Crippen MR) is 78.0 cm³/mol. The Bertz CT molecular complexity index is 534. The number of carboxylic acid groups (broad SMARTS) is 1. The van der Waals surface area contributed by atoms with Crippen LogP contribution in [0.2, 0.25) is 0 Å². The van der Waals surface area contributed by atoms with Crippen molar-refractivity contribution in [3.63, 3.8) is 0 Å². The molecule has 2 rings (SSSR count). The Hall–Kier alpha value is -1.89. The van der Waals surface area contributed by atoms with Gasteiger partial charge in [0.2, 0.25) is 5.91 Å². The van der Waals surface area contributed by atoms with Gasteiger partial charge in [0.05, 0.1) is 0 Å². The summed E-state index contributed by atoms with van der Waals surface area (Å²) in [6.45, 7) is 2.53. The molecular weight excluding hydrogens is 294 g/mol. The first-order valence-corrected chi connectivity index (χ1v) is 7.59. The van der Waals surface area contributed by atoms with Gasteiger partial charge in [0.15, 0.2) is 11.5 Å². The summed E-state index contributed by atoms with van der Waals surface area (Å²) in [4.78, 5) is 23.2. The van der Waals surface area contributed by atoms with Crippen molar-refractivity contribution < 1.29 is 24.2 Å². The highest BCUT2D eigenvalue weighted by molar-refractivity contribution is 7.99. The molecule has 6 nitrogen and oxygen atoms in total. The van der Waals surface area contributed by atoms with Gasteiger partial charge in [-0.2, -0.15) is 0 Å². The SMILES string of the molecule is C[C@H](NC(=O)CCSc1ccc2c(c1)OCCO2)C(=O)O. The van der Waals surface area contributed by atoms with E-state index >= 15 is 0 Å². The lowest BCUT2D eigenvalue weighted by Gasteiger charge is -2.18. The molecule has 114 valence electrons. The number of carbonyl (C=O) groups excluding carboxylic acids is 1. The van der Waals surface area contributed by atoms with Gasteiger partial charge in [0.1, 0.15) is 19.3 Å². The average molecular weight is 311 g/mol. The number of carbonyl (C=O) groups is 2. The minimum atomic E-state index is -1.04. The lowest BCUT2D eigenvalue weighted by atomic mass is 10.3. The molecule has 0 radical (unpaired) electrons. The monoisotopic (exact) mass is 311 g/mol. The summed E-state index contributed by atoms with van der Waals surface area (Å²) in [6.07, 6.45) is 0.261. The molecule has 1 aromatic carbocycles. The van der Waals surface area contributed by atoms with E-state index < -0.39 is 12.0 Å². The number of hydrogen-bond donors (Lipinski definition) is 2. The Balaban J connectivity index is 1.78. The number of hydrogen-bond acceptors (Lipinski definition) is 5. The van der Waals surface area contributed by atoms with Crippen LogP contribution in [0.4, 0.5) is 0 Å². The van der Waals surface area contributed by atoms with Crippen molar-refractivity contribution in [2.24, 2.45) is 0 Å². The van der Waals surface area contributed by atoms with Crippen molar-refractivity contribution >= 4 is 23.6 Å². The Kier molecular flexibility index (Phi) is 5.32. The minimum absolute atomic E-state index is 0.261. The summed E-state index contributed by atoms with van der Waals surface area (Å²) in [7, 11) is 0. The number of benzene rings is 1. The van der Waals surface area contributed by atoms with E-state index in [0.717, 1.165) is 16.4 Å². The molecule has 21 heavy (non-hydrogen) atoms. The van der Waals surface area contributed by atoms with Gasteiger partial charge in [-0.1, -0.05) is 0 Å². The maximum Gasteiger partial charge on any atom is 0.325 e. The second-order valence-electron chi connectivity index (χ2n) is 4.53. The molecule has 7 heteroatoms. The molecule has 0 fully saturated rings. The molecule has 0 unspecified atom stereocenters. The van der Waals surface area contributed by atoms with Gasteiger partial charge in [-0.3, -0.25) is 9.59 Å². The summed E-state index contributed by atoms with van der Waals surface area (Å²) in [5.74, 6) is 0.712. The van der Waals surface area contributed by atoms with Gasteiger partial charge in [-0.15, -0.1) is 11.8 Å². The maximum atomic E-state index is 11.5. The lowest BCUT2D eigenvalue weighted by Crippen LogP contribution is -2.38. The van der Waals surface area contributed by atoms with Crippen molar-refractivity contribution in [3.05, 3.63) is 18.2 Å². The lowest BCUT2D eigenvalue weighted by molar-refractivity contribution is -0.141. The zero-order chi connectivity index (χ0) is 15.2. The van der Waals surface area contributed by atoms with Gasteiger partial charge in [-0.05, 0) is 25.1 Å². The fourth-order valence-electron chi connectivity index (χ4n) is 1.75. The Morgan fingerprint density at radius 1 is 1.33 bits per heavy atom. The van der Waals surface area contributed by atoms with Gasteiger partial charge in [-0.25, -0.2) is 0 Å². The van der Waals surface area contributed by atoms with Crippen LogP contribution in [-0.2, 0) is 9.59 Å². The molecule has 1 aromatic rings. The number of fused-ring (bicyclic) bond motifs is 1. The molecule has 0 aliphatic carbocycles. The number of aliphatic carboxylic acids is 1. The summed E-state index contributed by atoms with van der Waals surface area (Å²) < 4.78 is 10.9. The topological polar surface area (TPSA) is 84.9 Å². The van der Waals surface area contributed by atoms with E-state index in [1.165, 1.54) is 18.7 Å². The van der Waals surface area contributed by atoms with E-state index in [9.17, 15) is 9.59 Å². The van der Waals surface area contributed by atoms with E-state index in [4.69, 9.17) is 14.6 Å². The number of thioether (sulfide) groups is 1. The summed E-state index contributed by atoms with van der Waals surface area (Å²) in [6, 6.07) is 4.79. The smallest absolute Gasteiger partial charge is 0.325 e. The van der Waals surface area contributed by atoms with E-state index in [1.54, 1.807) is 0 Å². The highest BCUT2D eigenvalue weighted by atomic mass is 32.2. The molecule has 0 aromatic heterocycles. The first-order valence-electron chi connectivity index (χ1n) is 6.61. The molecule has 0 saturated carbocycles. The third-order valence-corrected chi connectivity index (χ3v) is 3.85. The molecule has 1 aliphatic rings. The first kappa shape index (κ1) is 15.5. The van der Waals surface area contributed by atoms with Crippen LogP contribution in [0.1, 0.15) is 13.3 Å². The molecule has 1 aliphatic heterocycles. The zero-order valence-electron chi connectivity index (χ0n) is 11.6. The quantitative estimate of drug-likeness (QED) is 0.775. The Morgan fingerprint density at radius 2 is 2.05 bits per heavy atom. The average Bonchev–Trinajstić information content (AvgIpc) is 2.47. The Morgan fingerprint density at radius 3 is 2.76 bits per heavy atom. The number of nitrogens with one attached hydrogen (secondary N) is 1. The van der Waals surface area contributed by atoms with Crippen LogP contribution in [0.5, 0.6) is 11.5 Å². The molecule has 2 N–H and O–H groups in total. The summed E-state index contributed by atoms with van der Waals surface area (Å²) in [5.41, 5.74) is 0. The van der Waals surface area contributed by atoms with Crippen LogP contribution >= 0.6 is 11.8 Å². The fourth-order valence-corrected chi connectivity index (χ4v) is 2.63. The number of carboxylic acids is 1. The fraction of sp³-hybridized carbons (Fsp3) is 0.429. The maximum absolute atomic E-state index is 11.5. The van der Waals surface area contributed by atoms with Gasteiger partial charge in [0.25, 0.3) is 0 Å². The van der Waals surface area contributed by atoms with E-state index in [1.807, 2.05) is 18.2 Å². The minimum Gasteiger partial charge on any atom is -0.486 e. The molecule has 1 heterocycles. The predicted octanol–water partition coefficient (Wildman–Crippen LogP) is 1.53. The van der Waals surface area contributed by atoms with Crippen LogP contribution in [-0.4, -0.2) is 42.0 Å². The summed E-state index contributed by atoms with van der Waals surface area (Å²) in [5, 5.41) is 11.1. The van der Waals surface area contributed by atoms with Crippen molar-refractivity contribution in [2.45, 2.75) is 24.3 Å². The van der Waals surface area contributed by atoms with Crippen LogP contribution in [0.3, 0.4) is 0 Å². The molecule has 0 saturated heterocycles. The third-order valence-electron chi connectivity index (χ3n) is 2.86. The number of ether oxygens (including phenoxy) is 2. The van der Waals surface area contributed by atoms with Crippen molar-refractivity contribution in [1.29, 1.82) is 0 Å². The Labute approximate surface area is 126 Å². The van der Waals surface area contributed by atoms with Gasteiger partial charge < -0.3 is 19.9 Å². The van der Waals surface area contributed by atoms with Crippen molar-refractivity contribution in [3.8, 4) is 11.5 Å². The van der Waals surface area contributed by atoms with Crippen molar-refractivity contribution in [1.82, 2.24) is 5.32 Å². The largest absolute Gasteiger partial charge is 0.486 e. The standard InChI is InChI=1S/C14H17NO5S/c1-9(14(17)18)15-13(16)4-7-21-10-2-3-11-12(8-10)20-6-5-19-11/h2-3,8-9H,4-7H2,1H3,(H,15,16)(H,17,18)/t9-/m0/s1. The summed E-state index contributed by atoms with van der Waals surface area (Å²) >= 11 is 1.51. The van der Waals surface area contributed by atoms with Crippen LogP contribution in [0.25, 0.3) is 0 Å². The highest BCUT2D eigenvalue weighted by Gasteiger charge is 2.14. The van der Waals surface area contributed by atoms with Crippen LogP contribution < -0.4 is 14.8 Å². The first-order chi connectivity index (χ1) is 10.1. The van der Waals surface area contributed by atoms with E-state index in [2.05, 4.69) is 5.32 Å². The van der Waals surface area contributed by atoms with Crippen molar-refractivity contribution in [2.75, 3.05) is 19.0 Å². The second-order valence-corrected chi connectivity index (χ2v) is 5.70. The second kappa shape index (κ2) is 7.21.